The van der Waals surface area contributed by atoms with Gasteiger partial charge in [-0.1, -0.05) is 6.07 Å². The van der Waals surface area contributed by atoms with Gasteiger partial charge in [0.15, 0.2) is 17.5 Å². The Morgan fingerprint density at radius 2 is 1.89 bits per heavy atom. The van der Waals surface area contributed by atoms with Gasteiger partial charge in [0.1, 0.15) is 0 Å². The summed E-state index contributed by atoms with van der Waals surface area (Å²) in [7, 11) is 0. The molecule has 100 valence electrons. The molecule has 19 heavy (non-hydrogen) atoms. The van der Waals surface area contributed by atoms with Gasteiger partial charge in [0.2, 0.25) is 0 Å². The lowest BCUT2D eigenvalue weighted by atomic mass is 10.1. The minimum atomic E-state index is -1.43. The molecule has 1 aromatic heterocycles. The molecule has 1 aliphatic rings. The highest BCUT2D eigenvalue weighted by Gasteiger charge is 2.33. The maximum absolute atomic E-state index is 13.7. The van der Waals surface area contributed by atoms with Crippen LogP contribution in [0.3, 0.4) is 0 Å². The van der Waals surface area contributed by atoms with E-state index >= 15 is 0 Å². The van der Waals surface area contributed by atoms with Crippen molar-refractivity contribution in [2.75, 3.05) is 5.32 Å². The summed E-state index contributed by atoms with van der Waals surface area (Å²) in [6.45, 7) is 0. The van der Waals surface area contributed by atoms with E-state index in [2.05, 4.69) is 5.32 Å². The second-order valence-electron chi connectivity index (χ2n) is 4.70. The van der Waals surface area contributed by atoms with Crippen LogP contribution in [0.15, 0.2) is 29.6 Å². The molecule has 1 atom stereocenters. The zero-order chi connectivity index (χ0) is 13.4. The van der Waals surface area contributed by atoms with Crippen LogP contribution in [0.2, 0.25) is 0 Å². The van der Waals surface area contributed by atoms with E-state index in [0.29, 0.717) is 5.92 Å². The van der Waals surface area contributed by atoms with Gasteiger partial charge in [-0.15, -0.1) is 11.3 Å². The van der Waals surface area contributed by atoms with Crippen LogP contribution in [0.25, 0.3) is 0 Å². The number of halogens is 3. The largest absolute Gasteiger partial charge is 0.375 e. The molecule has 3 rings (SSSR count). The smallest absolute Gasteiger partial charge is 0.196 e. The minimum Gasteiger partial charge on any atom is -0.375 e. The summed E-state index contributed by atoms with van der Waals surface area (Å²) < 4.78 is 39.8. The summed E-state index contributed by atoms with van der Waals surface area (Å²) in [5, 5.41) is 4.96. The zero-order valence-corrected chi connectivity index (χ0v) is 10.8. The summed E-state index contributed by atoms with van der Waals surface area (Å²) in [5.41, 5.74) is 0.0178. The number of hydrogen-bond acceptors (Lipinski definition) is 2. The molecule has 0 radical (unpaired) electrons. The summed E-state index contributed by atoms with van der Waals surface area (Å²) >= 11 is 1.58. The van der Waals surface area contributed by atoms with Crippen LogP contribution in [-0.4, -0.2) is 0 Å². The van der Waals surface area contributed by atoms with Crippen molar-refractivity contribution in [1.82, 2.24) is 0 Å². The molecule has 1 unspecified atom stereocenters. The lowest BCUT2D eigenvalue weighted by molar-refractivity contribution is 0.448. The van der Waals surface area contributed by atoms with Crippen LogP contribution in [0.4, 0.5) is 18.9 Å². The monoisotopic (exact) mass is 283 g/mol. The van der Waals surface area contributed by atoms with E-state index in [0.717, 1.165) is 23.8 Å². The van der Waals surface area contributed by atoms with Crippen LogP contribution >= 0.6 is 11.3 Å². The number of hydrogen-bond donors (Lipinski definition) is 1. The molecule has 0 amide bonds. The fourth-order valence-corrected chi connectivity index (χ4v) is 2.99. The quantitative estimate of drug-likeness (QED) is 0.800. The average Bonchev–Trinajstić information content (AvgIpc) is 3.10. The van der Waals surface area contributed by atoms with Gasteiger partial charge < -0.3 is 5.32 Å². The van der Waals surface area contributed by atoms with E-state index < -0.39 is 17.5 Å². The summed E-state index contributed by atoms with van der Waals surface area (Å²) in [6.07, 6.45) is 2.14. The predicted molar refractivity (Wildman–Crippen MR) is 69.7 cm³/mol. The Hall–Kier alpha value is -1.49. The molecule has 1 saturated carbocycles. The number of nitrogens with one attached hydrogen (secondary N) is 1. The van der Waals surface area contributed by atoms with Crippen molar-refractivity contribution in [3.63, 3.8) is 0 Å². The third-order valence-electron chi connectivity index (χ3n) is 3.29. The standard InChI is InChI=1S/C14H12F3NS/c15-9-5-6-10(13(17)12(9)16)18-14(8-3-4-8)11-2-1-7-19-11/h1-2,5-8,14,18H,3-4H2. The Labute approximate surface area is 113 Å². The molecule has 0 bridgehead atoms. The third kappa shape index (κ3) is 2.47. The zero-order valence-electron chi connectivity index (χ0n) is 10.00. The highest BCUT2D eigenvalue weighted by atomic mass is 32.1. The summed E-state index contributed by atoms with van der Waals surface area (Å²) in [6, 6.07) is 6.06. The van der Waals surface area contributed by atoms with E-state index in [1.54, 1.807) is 11.3 Å². The van der Waals surface area contributed by atoms with Crippen LogP contribution < -0.4 is 5.32 Å². The number of anilines is 1. The number of rotatable bonds is 4. The molecule has 2 aromatic rings. The van der Waals surface area contributed by atoms with Gasteiger partial charge in [-0.25, -0.2) is 13.2 Å². The van der Waals surface area contributed by atoms with E-state index in [4.69, 9.17) is 0 Å². The van der Waals surface area contributed by atoms with Gasteiger partial charge in [0, 0.05) is 4.88 Å². The summed E-state index contributed by atoms with van der Waals surface area (Å²) in [4.78, 5) is 1.09. The normalized spacial score (nSPS) is 16.4. The summed E-state index contributed by atoms with van der Waals surface area (Å²) in [5.74, 6) is -3.30. The highest BCUT2D eigenvalue weighted by molar-refractivity contribution is 7.10. The maximum Gasteiger partial charge on any atom is 0.196 e. The molecule has 1 fully saturated rings. The fraction of sp³-hybridized carbons (Fsp3) is 0.286. The SMILES string of the molecule is Fc1ccc(NC(c2cccs2)C2CC2)c(F)c1F. The molecule has 0 saturated heterocycles. The van der Waals surface area contributed by atoms with Gasteiger partial charge in [0.25, 0.3) is 0 Å². The molecule has 0 aliphatic heterocycles. The van der Waals surface area contributed by atoms with Gasteiger partial charge in [-0.2, -0.15) is 0 Å². The highest BCUT2D eigenvalue weighted by Crippen LogP contribution is 2.44. The molecule has 1 nitrogen and oxygen atoms in total. The number of benzene rings is 1. The van der Waals surface area contributed by atoms with Crippen molar-refractivity contribution >= 4 is 17.0 Å². The molecule has 5 heteroatoms. The van der Waals surface area contributed by atoms with E-state index in [-0.39, 0.29) is 11.7 Å². The van der Waals surface area contributed by atoms with Crippen molar-refractivity contribution in [3.8, 4) is 0 Å². The molecule has 1 N–H and O–H groups in total. The predicted octanol–water partition coefficient (Wildman–Crippen LogP) is 4.73. The second kappa shape index (κ2) is 4.89. The first-order chi connectivity index (χ1) is 9.16. The van der Waals surface area contributed by atoms with Gasteiger partial charge in [0.05, 0.1) is 11.7 Å². The van der Waals surface area contributed by atoms with E-state index in [1.807, 2.05) is 17.5 Å². The van der Waals surface area contributed by atoms with Gasteiger partial charge >= 0.3 is 0 Å². The first-order valence-electron chi connectivity index (χ1n) is 6.10. The van der Waals surface area contributed by atoms with Gasteiger partial charge in [-0.3, -0.25) is 0 Å². The minimum absolute atomic E-state index is 0.0178. The van der Waals surface area contributed by atoms with E-state index in [1.165, 1.54) is 6.07 Å². The molecule has 1 aromatic carbocycles. The Morgan fingerprint density at radius 1 is 1.11 bits per heavy atom. The van der Waals surface area contributed by atoms with Gasteiger partial charge in [-0.05, 0) is 42.3 Å². The fourth-order valence-electron chi connectivity index (χ4n) is 2.12. The topological polar surface area (TPSA) is 12.0 Å². The lowest BCUT2D eigenvalue weighted by Gasteiger charge is -2.19. The Morgan fingerprint density at radius 3 is 2.53 bits per heavy atom. The Balaban J connectivity index is 1.89. The number of thiophene rings is 1. The van der Waals surface area contributed by atoms with Crippen molar-refractivity contribution in [1.29, 1.82) is 0 Å². The Bertz CT molecular complexity index is 579. The van der Waals surface area contributed by atoms with Crippen molar-refractivity contribution in [3.05, 3.63) is 52.0 Å². The van der Waals surface area contributed by atoms with Crippen molar-refractivity contribution in [2.45, 2.75) is 18.9 Å². The van der Waals surface area contributed by atoms with Crippen LogP contribution in [-0.2, 0) is 0 Å². The van der Waals surface area contributed by atoms with Crippen LogP contribution in [0.1, 0.15) is 23.8 Å². The average molecular weight is 283 g/mol. The van der Waals surface area contributed by atoms with Crippen LogP contribution in [0.5, 0.6) is 0 Å². The first-order valence-corrected chi connectivity index (χ1v) is 6.98. The third-order valence-corrected chi connectivity index (χ3v) is 4.24. The van der Waals surface area contributed by atoms with Crippen molar-refractivity contribution in [2.24, 2.45) is 5.92 Å². The molecule has 1 heterocycles. The first kappa shape index (κ1) is 12.5. The van der Waals surface area contributed by atoms with Crippen LogP contribution in [0, 0.1) is 23.4 Å². The van der Waals surface area contributed by atoms with E-state index in [9.17, 15) is 13.2 Å². The second-order valence-corrected chi connectivity index (χ2v) is 5.68. The lowest BCUT2D eigenvalue weighted by Crippen LogP contribution is -2.13. The molecular formula is C14H12F3NS. The molecule has 1 aliphatic carbocycles. The van der Waals surface area contributed by atoms with Crippen molar-refractivity contribution < 1.29 is 13.2 Å². The maximum atomic E-state index is 13.7. The Kier molecular flexibility index (Phi) is 3.22. The molecular weight excluding hydrogens is 271 g/mol. The molecule has 0 spiro atoms.